The van der Waals surface area contributed by atoms with E-state index in [-0.39, 0.29) is 5.69 Å². The Kier molecular flexibility index (Phi) is 4.09. The fourth-order valence-corrected chi connectivity index (χ4v) is 2.21. The van der Waals surface area contributed by atoms with Gasteiger partial charge in [-0.25, -0.2) is 4.98 Å². The normalized spacial score (nSPS) is 18.8. The molecule has 1 aliphatic heterocycles. The molecule has 18 heavy (non-hydrogen) atoms. The lowest BCUT2D eigenvalue weighted by Crippen LogP contribution is -2.13. The summed E-state index contributed by atoms with van der Waals surface area (Å²) in [6.45, 7) is 4.72. The second-order valence-electron chi connectivity index (χ2n) is 4.63. The Morgan fingerprint density at radius 3 is 3.06 bits per heavy atom. The third-order valence-corrected chi connectivity index (χ3v) is 3.28. The molecule has 1 fully saturated rings. The highest BCUT2D eigenvalue weighted by atomic mass is 16.6. The third kappa shape index (κ3) is 3.16. The maximum absolute atomic E-state index is 10.7. The molecule has 0 saturated carbocycles. The zero-order valence-electron chi connectivity index (χ0n) is 10.5. The second-order valence-corrected chi connectivity index (χ2v) is 4.63. The van der Waals surface area contributed by atoms with Gasteiger partial charge in [-0.3, -0.25) is 10.1 Å². The molecular formula is C12H18N4O2. The van der Waals surface area contributed by atoms with E-state index >= 15 is 0 Å². The lowest BCUT2D eigenvalue weighted by atomic mass is 10.1. The van der Waals surface area contributed by atoms with Crippen LogP contribution in [0.4, 0.5) is 11.5 Å². The molecule has 0 spiro atoms. The van der Waals surface area contributed by atoms with Crippen molar-refractivity contribution < 1.29 is 4.92 Å². The van der Waals surface area contributed by atoms with Crippen LogP contribution in [0.5, 0.6) is 0 Å². The van der Waals surface area contributed by atoms with Gasteiger partial charge in [-0.05, 0) is 44.8 Å². The topological polar surface area (TPSA) is 80.1 Å². The molecule has 6 heteroatoms. The van der Waals surface area contributed by atoms with E-state index in [0.29, 0.717) is 11.5 Å². The number of pyridine rings is 1. The summed E-state index contributed by atoms with van der Waals surface area (Å²) in [5.41, 5.74) is 0.521. The summed E-state index contributed by atoms with van der Waals surface area (Å²) >= 11 is 0. The van der Waals surface area contributed by atoms with Crippen LogP contribution in [0.15, 0.2) is 12.1 Å². The highest BCUT2D eigenvalue weighted by Crippen LogP contribution is 2.18. The van der Waals surface area contributed by atoms with E-state index in [1.807, 2.05) is 0 Å². The molecule has 0 radical (unpaired) electrons. The van der Waals surface area contributed by atoms with Gasteiger partial charge in [-0.2, -0.15) is 0 Å². The number of anilines is 1. The molecule has 1 atom stereocenters. The van der Waals surface area contributed by atoms with Gasteiger partial charge in [-0.15, -0.1) is 0 Å². The van der Waals surface area contributed by atoms with Crippen LogP contribution in [0.3, 0.4) is 0 Å². The highest BCUT2D eigenvalue weighted by Gasteiger charge is 2.14. The van der Waals surface area contributed by atoms with E-state index in [9.17, 15) is 10.1 Å². The zero-order chi connectivity index (χ0) is 13.0. The quantitative estimate of drug-likeness (QED) is 0.614. The minimum Gasteiger partial charge on any atom is -0.370 e. The Morgan fingerprint density at radius 2 is 2.44 bits per heavy atom. The molecule has 1 aliphatic rings. The molecule has 0 bridgehead atoms. The summed E-state index contributed by atoms with van der Waals surface area (Å²) in [7, 11) is 0. The summed E-state index contributed by atoms with van der Waals surface area (Å²) < 4.78 is 0. The van der Waals surface area contributed by atoms with Crippen LogP contribution in [0.1, 0.15) is 18.5 Å². The monoisotopic (exact) mass is 250 g/mol. The molecular weight excluding hydrogens is 232 g/mol. The molecule has 1 aromatic rings. The Morgan fingerprint density at radius 1 is 1.61 bits per heavy atom. The molecule has 1 saturated heterocycles. The van der Waals surface area contributed by atoms with Gasteiger partial charge in [0.25, 0.3) is 5.69 Å². The molecule has 0 aromatic carbocycles. The summed E-state index contributed by atoms with van der Waals surface area (Å²) in [5, 5.41) is 17.2. The minimum absolute atomic E-state index is 0.0699. The number of nitrogens with zero attached hydrogens (tertiary/aromatic N) is 2. The molecule has 2 rings (SSSR count). The minimum atomic E-state index is -0.406. The van der Waals surface area contributed by atoms with E-state index in [2.05, 4.69) is 15.6 Å². The molecule has 0 amide bonds. The van der Waals surface area contributed by atoms with Crippen molar-refractivity contribution in [3.63, 3.8) is 0 Å². The molecule has 2 N–H and O–H groups in total. The van der Waals surface area contributed by atoms with E-state index in [1.54, 1.807) is 13.0 Å². The largest absolute Gasteiger partial charge is 0.370 e. The first-order valence-electron chi connectivity index (χ1n) is 6.23. The van der Waals surface area contributed by atoms with Crippen molar-refractivity contribution in [1.29, 1.82) is 0 Å². The fraction of sp³-hybridized carbons (Fsp3) is 0.583. The van der Waals surface area contributed by atoms with Crippen LogP contribution in [0, 0.1) is 23.0 Å². The van der Waals surface area contributed by atoms with Gasteiger partial charge in [0.1, 0.15) is 11.5 Å². The van der Waals surface area contributed by atoms with Gasteiger partial charge in [0, 0.05) is 12.6 Å². The third-order valence-electron chi connectivity index (χ3n) is 3.28. The van der Waals surface area contributed by atoms with Crippen LogP contribution >= 0.6 is 0 Å². The van der Waals surface area contributed by atoms with Crippen LogP contribution in [-0.4, -0.2) is 29.5 Å². The van der Waals surface area contributed by atoms with Crippen molar-refractivity contribution in [2.24, 2.45) is 5.92 Å². The Balaban J connectivity index is 1.85. The second kappa shape index (κ2) is 5.77. The number of nitrogens with one attached hydrogen (secondary N) is 2. The van der Waals surface area contributed by atoms with Crippen molar-refractivity contribution in [2.75, 3.05) is 25.0 Å². The first-order chi connectivity index (χ1) is 8.66. The maximum Gasteiger partial charge on any atom is 0.290 e. The molecule has 1 unspecified atom stereocenters. The van der Waals surface area contributed by atoms with Crippen LogP contribution in [0.25, 0.3) is 0 Å². The zero-order valence-corrected chi connectivity index (χ0v) is 10.5. The first kappa shape index (κ1) is 12.8. The number of nitro groups is 1. The Labute approximate surface area is 106 Å². The molecule has 1 aromatic heterocycles. The fourth-order valence-electron chi connectivity index (χ4n) is 2.21. The Hall–Kier alpha value is -1.69. The molecule has 2 heterocycles. The lowest BCUT2D eigenvalue weighted by Gasteiger charge is -2.10. The maximum atomic E-state index is 10.7. The van der Waals surface area contributed by atoms with Gasteiger partial charge in [0.05, 0.1) is 4.92 Å². The first-order valence-corrected chi connectivity index (χ1v) is 6.23. The van der Waals surface area contributed by atoms with E-state index in [4.69, 9.17) is 0 Å². The van der Waals surface area contributed by atoms with E-state index in [1.165, 1.54) is 12.5 Å². The summed E-state index contributed by atoms with van der Waals surface area (Å²) in [6, 6.07) is 3.17. The van der Waals surface area contributed by atoms with E-state index < -0.39 is 4.92 Å². The van der Waals surface area contributed by atoms with Crippen molar-refractivity contribution >= 4 is 11.5 Å². The predicted octanol–water partition coefficient (Wildman–Crippen LogP) is 1.71. The smallest absolute Gasteiger partial charge is 0.290 e. The van der Waals surface area contributed by atoms with Crippen molar-refractivity contribution in [3.8, 4) is 0 Å². The van der Waals surface area contributed by atoms with Crippen molar-refractivity contribution in [3.05, 3.63) is 27.9 Å². The summed E-state index contributed by atoms with van der Waals surface area (Å²) in [5.74, 6) is 1.45. The number of hydrogen-bond donors (Lipinski definition) is 2. The summed E-state index contributed by atoms with van der Waals surface area (Å²) in [6.07, 6.45) is 2.33. The average molecular weight is 250 g/mol. The number of rotatable bonds is 5. The van der Waals surface area contributed by atoms with Gasteiger partial charge in [0.15, 0.2) is 0 Å². The predicted molar refractivity (Wildman–Crippen MR) is 69.7 cm³/mol. The molecule has 98 valence electrons. The van der Waals surface area contributed by atoms with Gasteiger partial charge in [0.2, 0.25) is 0 Å². The standard InChI is InChI=1S/C12H18N4O2/c1-9-11(16(17)18)2-3-12(15-9)14-7-5-10-4-6-13-8-10/h2-3,10,13H,4-8H2,1H3,(H,14,15). The number of aryl methyl sites for hydroxylation is 1. The average Bonchev–Trinajstić information content (AvgIpc) is 2.81. The van der Waals surface area contributed by atoms with Crippen molar-refractivity contribution in [1.82, 2.24) is 10.3 Å². The van der Waals surface area contributed by atoms with Crippen LogP contribution < -0.4 is 10.6 Å². The van der Waals surface area contributed by atoms with Crippen molar-refractivity contribution in [2.45, 2.75) is 19.8 Å². The van der Waals surface area contributed by atoms with E-state index in [0.717, 1.165) is 32.0 Å². The summed E-state index contributed by atoms with van der Waals surface area (Å²) in [4.78, 5) is 14.4. The molecule has 0 aliphatic carbocycles. The van der Waals surface area contributed by atoms with Crippen LogP contribution in [-0.2, 0) is 0 Å². The lowest BCUT2D eigenvalue weighted by molar-refractivity contribution is -0.385. The van der Waals surface area contributed by atoms with Crippen LogP contribution in [0.2, 0.25) is 0 Å². The van der Waals surface area contributed by atoms with Gasteiger partial charge in [-0.1, -0.05) is 0 Å². The number of hydrogen-bond acceptors (Lipinski definition) is 5. The highest BCUT2D eigenvalue weighted by molar-refractivity contribution is 5.44. The van der Waals surface area contributed by atoms with Gasteiger partial charge >= 0.3 is 0 Å². The Bertz CT molecular complexity index is 430. The SMILES string of the molecule is Cc1nc(NCCC2CCNC2)ccc1[N+](=O)[O-]. The molecule has 6 nitrogen and oxygen atoms in total. The number of aromatic nitrogens is 1. The van der Waals surface area contributed by atoms with Gasteiger partial charge < -0.3 is 10.6 Å².